The van der Waals surface area contributed by atoms with Gasteiger partial charge in [0.15, 0.2) is 0 Å². The molecule has 20 heavy (non-hydrogen) atoms. The molecule has 6 nitrogen and oxygen atoms in total. The van der Waals surface area contributed by atoms with Crippen LogP contribution in [0.4, 0.5) is 5.95 Å². The lowest BCUT2D eigenvalue weighted by Crippen LogP contribution is -2.35. The number of anilines is 1. The molecule has 6 heteroatoms. The second kappa shape index (κ2) is 6.00. The summed E-state index contributed by atoms with van der Waals surface area (Å²) in [7, 11) is 0. The largest absolute Gasteiger partial charge is 0.396 e. The number of aliphatic hydroxyl groups is 1. The van der Waals surface area contributed by atoms with Gasteiger partial charge in [-0.1, -0.05) is 36.1 Å². The molecule has 0 saturated heterocycles. The minimum absolute atomic E-state index is 0.213. The molecule has 2 N–H and O–H groups in total. The van der Waals surface area contributed by atoms with E-state index in [9.17, 15) is 5.11 Å². The van der Waals surface area contributed by atoms with Crippen LogP contribution in [-0.4, -0.2) is 38.0 Å². The Morgan fingerprint density at radius 1 is 1.20 bits per heavy atom. The number of tetrazole rings is 1. The molecule has 0 spiro atoms. The van der Waals surface area contributed by atoms with Gasteiger partial charge >= 0.3 is 0 Å². The summed E-state index contributed by atoms with van der Waals surface area (Å²) in [4.78, 5) is 0. The predicted octanol–water partition coefficient (Wildman–Crippen LogP) is 1.63. The van der Waals surface area contributed by atoms with Crippen molar-refractivity contribution in [1.82, 2.24) is 20.2 Å². The van der Waals surface area contributed by atoms with Crippen molar-refractivity contribution >= 4 is 5.95 Å². The van der Waals surface area contributed by atoms with Crippen molar-refractivity contribution in [2.45, 2.75) is 31.7 Å². The van der Waals surface area contributed by atoms with Gasteiger partial charge in [-0.15, -0.1) is 0 Å². The number of para-hydroxylation sites is 1. The van der Waals surface area contributed by atoms with Crippen LogP contribution in [0.25, 0.3) is 5.69 Å². The van der Waals surface area contributed by atoms with Gasteiger partial charge in [0.25, 0.3) is 0 Å². The zero-order valence-corrected chi connectivity index (χ0v) is 11.3. The van der Waals surface area contributed by atoms with Gasteiger partial charge in [-0.2, -0.15) is 4.68 Å². The molecule has 1 heterocycles. The Morgan fingerprint density at radius 3 is 2.80 bits per heavy atom. The Bertz CT molecular complexity index is 542. The highest BCUT2D eigenvalue weighted by molar-refractivity contribution is 5.39. The van der Waals surface area contributed by atoms with E-state index in [1.807, 2.05) is 30.3 Å². The summed E-state index contributed by atoms with van der Waals surface area (Å²) in [5.74, 6) is 0.922. The summed E-state index contributed by atoms with van der Waals surface area (Å²) in [6, 6.07) is 10.0. The first-order chi connectivity index (χ1) is 9.88. The lowest BCUT2D eigenvalue weighted by atomic mass is 9.85. The second-order valence-electron chi connectivity index (χ2n) is 5.23. The zero-order valence-electron chi connectivity index (χ0n) is 11.3. The van der Waals surface area contributed by atoms with Crippen molar-refractivity contribution < 1.29 is 5.11 Å². The van der Waals surface area contributed by atoms with Crippen LogP contribution in [0.3, 0.4) is 0 Å². The maximum atomic E-state index is 9.48. The van der Waals surface area contributed by atoms with Gasteiger partial charge in [0.2, 0.25) is 5.95 Å². The number of nitrogens with one attached hydrogen (secondary N) is 1. The molecule has 1 aliphatic carbocycles. The normalized spacial score (nSPS) is 22.6. The van der Waals surface area contributed by atoms with Crippen LogP contribution in [0.2, 0.25) is 0 Å². The Morgan fingerprint density at radius 2 is 2.00 bits per heavy atom. The lowest BCUT2D eigenvalue weighted by molar-refractivity contribution is 0.177. The summed E-state index contributed by atoms with van der Waals surface area (Å²) >= 11 is 0. The maximum absolute atomic E-state index is 9.48. The molecule has 0 bridgehead atoms. The van der Waals surface area contributed by atoms with Crippen molar-refractivity contribution in [1.29, 1.82) is 0 Å². The molecule has 2 atom stereocenters. The maximum Gasteiger partial charge on any atom is 0.247 e. The van der Waals surface area contributed by atoms with E-state index >= 15 is 0 Å². The average Bonchev–Trinajstić information content (AvgIpc) is 2.97. The highest BCUT2D eigenvalue weighted by atomic mass is 16.3. The molecule has 0 aliphatic heterocycles. The van der Waals surface area contributed by atoms with Crippen molar-refractivity contribution in [3.63, 3.8) is 0 Å². The molecule has 0 amide bonds. The van der Waals surface area contributed by atoms with Crippen LogP contribution < -0.4 is 5.32 Å². The SMILES string of the molecule is OCC1CCCCC1Nc1nnnn1-c1ccccc1. The molecule has 1 saturated carbocycles. The average molecular weight is 273 g/mol. The van der Waals surface area contributed by atoms with Crippen molar-refractivity contribution in [3.05, 3.63) is 30.3 Å². The topological polar surface area (TPSA) is 75.9 Å². The number of hydrogen-bond donors (Lipinski definition) is 2. The Kier molecular flexibility index (Phi) is 3.92. The summed E-state index contributed by atoms with van der Waals surface area (Å²) in [6.07, 6.45) is 4.47. The summed E-state index contributed by atoms with van der Waals surface area (Å²) in [5.41, 5.74) is 0.927. The van der Waals surface area contributed by atoms with Crippen LogP contribution in [-0.2, 0) is 0 Å². The van der Waals surface area contributed by atoms with E-state index in [-0.39, 0.29) is 18.6 Å². The standard InChI is InChI=1S/C14H19N5O/c20-10-11-6-4-5-9-13(11)15-14-16-17-18-19(14)12-7-2-1-3-8-12/h1-3,7-8,11,13,20H,4-6,9-10H2,(H,15,16,18). The third-order valence-electron chi connectivity index (χ3n) is 3.93. The fourth-order valence-corrected chi connectivity index (χ4v) is 2.80. The molecule has 1 aromatic carbocycles. The molecule has 2 aromatic rings. The lowest BCUT2D eigenvalue weighted by Gasteiger charge is -2.30. The van der Waals surface area contributed by atoms with Crippen LogP contribution in [0.15, 0.2) is 30.3 Å². The number of aliphatic hydroxyl groups excluding tert-OH is 1. The molecular formula is C14H19N5O. The van der Waals surface area contributed by atoms with Gasteiger partial charge in [0, 0.05) is 18.6 Å². The smallest absolute Gasteiger partial charge is 0.247 e. The van der Waals surface area contributed by atoms with Crippen molar-refractivity contribution in [2.24, 2.45) is 5.92 Å². The number of aromatic nitrogens is 4. The first kappa shape index (κ1) is 13.1. The van der Waals surface area contributed by atoms with E-state index in [1.54, 1.807) is 4.68 Å². The molecule has 2 unspecified atom stereocenters. The van der Waals surface area contributed by atoms with Crippen molar-refractivity contribution in [3.8, 4) is 5.69 Å². The van der Waals surface area contributed by atoms with Crippen LogP contribution in [0.1, 0.15) is 25.7 Å². The molecule has 1 aliphatic rings. The van der Waals surface area contributed by atoms with Crippen molar-refractivity contribution in [2.75, 3.05) is 11.9 Å². The fraction of sp³-hybridized carbons (Fsp3) is 0.500. The number of rotatable bonds is 4. The molecule has 0 radical (unpaired) electrons. The van der Waals surface area contributed by atoms with E-state index in [0.717, 1.165) is 18.5 Å². The summed E-state index contributed by atoms with van der Waals surface area (Å²) < 4.78 is 1.70. The quantitative estimate of drug-likeness (QED) is 0.885. The summed E-state index contributed by atoms with van der Waals surface area (Å²) in [6.45, 7) is 0.213. The highest BCUT2D eigenvalue weighted by Crippen LogP contribution is 2.26. The number of nitrogens with zero attached hydrogens (tertiary/aromatic N) is 4. The monoisotopic (exact) mass is 273 g/mol. The Balaban J connectivity index is 1.80. The van der Waals surface area contributed by atoms with E-state index < -0.39 is 0 Å². The van der Waals surface area contributed by atoms with Crippen LogP contribution in [0.5, 0.6) is 0 Å². The predicted molar refractivity (Wildman–Crippen MR) is 75.6 cm³/mol. The molecule has 106 valence electrons. The molecular weight excluding hydrogens is 254 g/mol. The second-order valence-corrected chi connectivity index (χ2v) is 5.23. The summed E-state index contributed by atoms with van der Waals surface area (Å²) in [5, 5.41) is 24.7. The third-order valence-corrected chi connectivity index (χ3v) is 3.93. The highest BCUT2D eigenvalue weighted by Gasteiger charge is 2.26. The molecule has 1 fully saturated rings. The Labute approximate surface area is 117 Å². The van der Waals surface area contributed by atoms with E-state index in [1.165, 1.54) is 12.8 Å². The van der Waals surface area contributed by atoms with E-state index in [2.05, 4.69) is 20.8 Å². The number of benzene rings is 1. The van der Waals surface area contributed by atoms with E-state index in [4.69, 9.17) is 0 Å². The molecule has 1 aromatic heterocycles. The minimum Gasteiger partial charge on any atom is -0.396 e. The van der Waals surface area contributed by atoms with Gasteiger partial charge < -0.3 is 10.4 Å². The van der Waals surface area contributed by atoms with E-state index in [0.29, 0.717) is 5.95 Å². The Hall–Kier alpha value is -1.95. The van der Waals surface area contributed by atoms with Gasteiger partial charge in [0.1, 0.15) is 0 Å². The van der Waals surface area contributed by atoms with Gasteiger partial charge in [-0.3, -0.25) is 0 Å². The third kappa shape index (κ3) is 2.65. The van der Waals surface area contributed by atoms with Gasteiger partial charge in [-0.05, 0) is 35.4 Å². The zero-order chi connectivity index (χ0) is 13.8. The minimum atomic E-state index is 0.213. The van der Waals surface area contributed by atoms with Crippen LogP contribution in [0, 0.1) is 5.92 Å². The van der Waals surface area contributed by atoms with Crippen LogP contribution >= 0.6 is 0 Å². The number of hydrogen-bond acceptors (Lipinski definition) is 5. The first-order valence-corrected chi connectivity index (χ1v) is 7.09. The van der Waals surface area contributed by atoms with Gasteiger partial charge in [-0.25, -0.2) is 0 Å². The fourth-order valence-electron chi connectivity index (χ4n) is 2.80. The first-order valence-electron chi connectivity index (χ1n) is 7.09. The molecule has 3 rings (SSSR count). The van der Waals surface area contributed by atoms with Gasteiger partial charge in [0.05, 0.1) is 5.69 Å².